The Labute approximate surface area is 237 Å². The highest BCUT2D eigenvalue weighted by Gasteiger charge is 2.36. The molecule has 0 radical (unpaired) electrons. The molecule has 3 heterocycles. The minimum atomic E-state index is -1.40. The van der Waals surface area contributed by atoms with Gasteiger partial charge in [-0.3, -0.25) is 4.98 Å². The summed E-state index contributed by atoms with van der Waals surface area (Å²) in [5, 5.41) is 26.8. The van der Waals surface area contributed by atoms with Crippen molar-refractivity contribution in [2.45, 2.75) is 63.7 Å². The fraction of sp³-hybridized carbons (Fsp3) is 0.400. The molecule has 11 heteroatoms. The molecule has 4 N–H and O–H groups in total. The van der Waals surface area contributed by atoms with Crippen LogP contribution in [0.5, 0.6) is 0 Å². The number of anilines is 2. The predicted octanol–water partition coefficient (Wildman–Crippen LogP) is 5.18. The molecular formula is C30H33F2N7O2. The van der Waals surface area contributed by atoms with Gasteiger partial charge in [-0.15, -0.1) is 0 Å². The molecule has 0 bridgehead atoms. The van der Waals surface area contributed by atoms with Crippen molar-refractivity contribution in [3.63, 3.8) is 0 Å². The Morgan fingerprint density at radius 3 is 2.63 bits per heavy atom. The smallest absolute Gasteiger partial charge is 0.229 e. The van der Waals surface area contributed by atoms with Gasteiger partial charge in [0.25, 0.3) is 0 Å². The Morgan fingerprint density at radius 1 is 1.20 bits per heavy atom. The molecule has 1 aromatic carbocycles. The Morgan fingerprint density at radius 2 is 1.95 bits per heavy atom. The summed E-state index contributed by atoms with van der Waals surface area (Å²) >= 11 is 0. The van der Waals surface area contributed by atoms with Gasteiger partial charge in [-0.2, -0.15) is 14.9 Å². The number of halogens is 2. The number of hydrogen-bond donors (Lipinski definition) is 3. The summed E-state index contributed by atoms with van der Waals surface area (Å²) in [4.78, 5) is 8.75. The van der Waals surface area contributed by atoms with Crippen molar-refractivity contribution in [2.24, 2.45) is 11.7 Å². The zero-order chi connectivity index (χ0) is 29.3. The number of ether oxygens (including phenoxy) is 1. The first-order valence-corrected chi connectivity index (χ1v) is 13.6. The van der Waals surface area contributed by atoms with Gasteiger partial charge in [0, 0.05) is 12.2 Å². The number of aliphatic hydroxyl groups is 1. The fourth-order valence-electron chi connectivity index (χ4n) is 5.60. The van der Waals surface area contributed by atoms with Crippen LogP contribution in [0.25, 0.3) is 16.8 Å². The van der Waals surface area contributed by atoms with Gasteiger partial charge in [-0.1, -0.05) is 6.92 Å². The molecule has 4 unspecified atom stereocenters. The van der Waals surface area contributed by atoms with Crippen LogP contribution in [0.4, 0.5) is 20.4 Å². The van der Waals surface area contributed by atoms with Crippen molar-refractivity contribution in [3.8, 4) is 17.3 Å². The average Bonchev–Trinajstić information content (AvgIpc) is 3.31. The molecule has 41 heavy (non-hydrogen) atoms. The van der Waals surface area contributed by atoms with Crippen LogP contribution in [0.2, 0.25) is 0 Å². The van der Waals surface area contributed by atoms with Gasteiger partial charge in [-0.05, 0) is 80.0 Å². The number of aromatic nitrogens is 4. The first-order chi connectivity index (χ1) is 19.6. The molecule has 4 aromatic rings. The predicted molar refractivity (Wildman–Crippen MR) is 150 cm³/mol. The molecule has 3 aromatic heterocycles. The number of benzene rings is 1. The number of rotatable bonds is 8. The number of imidazole rings is 1. The lowest BCUT2D eigenvalue weighted by Gasteiger charge is -2.39. The van der Waals surface area contributed by atoms with Crippen LogP contribution in [0.1, 0.15) is 57.1 Å². The van der Waals surface area contributed by atoms with Crippen LogP contribution >= 0.6 is 0 Å². The van der Waals surface area contributed by atoms with Crippen LogP contribution in [0.15, 0.2) is 48.9 Å². The van der Waals surface area contributed by atoms with E-state index in [1.54, 1.807) is 24.7 Å². The van der Waals surface area contributed by atoms with Crippen molar-refractivity contribution in [2.75, 3.05) is 11.9 Å². The summed E-state index contributed by atoms with van der Waals surface area (Å²) < 4.78 is 37.5. The summed E-state index contributed by atoms with van der Waals surface area (Å²) in [6, 6.07) is 9.31. The molecule has 0 spiro atoms. The summed E-state index contributed by atoms with van der Waals surface area (Å²) in [7, 11) is 0. The van der Waals surface area contributed by atoms with E-state index in [1.165, 1.54) is 24.4 Å². The Hall–Kier alpha value is -3.98. The SMILES string of the molecule is CC1CC(c2ccncc2Nc2ncc3ccc(-c4c(F)cc(C(C)(C)O)cc4F)nn23)CC(N)C1OCCC#N. The Bertz CT molecular complexity index is 1560. The second kappa shape index (κ2) is 11.5. The van der Waals surface area contributed by atoms with E-state index in [-0.39, 0.29) is 40.8 Å². The molecule has 1 fully saturated rings. The number of hydrogen-bond acceptors (Lipinski definition) is 8. The van der Waals surface area contributed by atoms with Crippen molar-refractivity contribution < 1.29 is 18.6 Å². The van der Waals surface area contributed by atoms with E-state index >= 15 is 8.78 Å². The highest BCUT2D eigenvalue weighted by Crippen LogP contribution is 2.40. The number of nitrogens with one attached hydrogen (secondary N) is 1. The third-order valence-corrected chi connectivity index (χ3v) is 7.65. The van der Waals surface area contributed by atoms with E-state index < -0.39 is 17.2 Å². The van der Waals surface area contributed by atoms with Crippen LogP contribution in [-0.2, 0) is 10.3 Å². The topological polar surface area (TPSA) is 134 Å². The largest absolute Gasteiger partial charge is 0.386 e. The standard InChI is InChI=1S/C30H33F2N7O2/c1-17-11-18(12-24(34)28(17)41-10-4-8-33)21-7-9-35-16-26(21)37-29-36-15-20-5-6-25(38-39(20)29)27-22(31)13-19(14-23(27)32)30(2,3)40/h5-7,9,13-18,24,28,40H,4,10-12,34H2,1-3H3,(H,36,37). The van der Waals surface area contributed by atoms with Gasteiger partial charge in [-0.25, -0.2) is 13.8 Å². The molecule has 1 aliphatic carbocycles. The third-order valence-electron chi connectivity index (χ3n) is 7.65. The molecule has 9 nitrogen and oxygen atoms in total. The van der Waals surface area contributed by atoms with Crippen LogP contribution in [0.3, 0.4) is 0 Å². The Kier molecular flexibility index (Phi) is 8.00. The lowest BCUT2D eigenvalue weighted by molar-refractivity contribution is -0.0198. The second-order valence-electron chi connectivity index (χ2n) is 11.2. The highest BCUT2D eigenvalue weighted by molar-refractivity contribution is 5.66. The average molecular weight is 562 g/mol. The van der Waals surface area contributed by atoms with E-state index in [0.29, 0.717) is 30.9 Å². The van der Waals surface area contributed by atoms with E-state index in [1.807, 2.05) is 6.07 Å². The van der Waals surface area contributed by atoms with Gasteiger partial charge in [0.15, 0.2) is 0 Å². The molecule has 4 atom stereocenters. The Balaban J connectivity index is 1.43. The molecule has 0 saturated heterocycles. The van der Waals surface area contributed by atoms with Gasteiger partial charge < -0.3 is 20.9 Å². The van der Waals surface area contributed by atoms with Crippen molar-refractivity contribution >= 4 is 17.2 Å². The maximum absolute atomic E-state index is 15.1. The minimum Gasteiger partial charge on any atom is -0.386 e. The van der Waals surface area contributed by atoms with Crippen LogP contribution < -0.4 is 11.1 Å². The molecule has 5 rings (SSSR count). The zero-order valence-electron chi connectivity index (χ0n) is 23.2. The van der Waals surface area contributed by atoms with Crippen molar-refractivity contribution in [1.29, 1.82) is 5.26 Å². The van der Waals surface area contributed by atoms with Gasteiger partial charge in [0.2, 0.25) is 5.95 Å². The molecule has 1 saturated carbocycles. The number of nitrogens with two attached hydrogens (primary N) is 1. The van der Waals surface area contributed by atoms with E-state index in [0.717, 1.165) is 29.8 Å². The summed E-state index contributed by atoms with van der Waals surface area (Å²) in [6.07, 6.45) is 6.81. The number of nitriles is 1. The maximum Gasteiger partial charge on any atom is 0.229 e. The van der Waals surface area contributed by atoms with Gasteiger partial charge in [0.1, 0.15) is 11.6 Å². The van der Waals surface area contributed by atoms with Gasteiger partial charge in [0.05, 0.1) is 65.7 Å². The van der Waals surface area contributed by atoms with E-state index in [2.05, 4.69) is 33.4 Å². The second-order valence-corrected chi connectivity index (χ2v) is 11.2. The van der Waals surface area contributed by atoms with Gasteiger partial charge >= 0.3 is 0 Å². The van der Waals surface area contributed by atoms with Crippen molar-refractivity contribution in [1.82, 2.24) is 19.6 Å². The maximum atomic E-state index is 15.1. The molecule has 214 valence electrons. The monoisotopic (exact) mass is 561 g/mol. The lowest BCUT2D eigenvalue weighted by Crippen LogP contribution is -2.46. The van der Waals surface area contributed by atoms with Crippen molar-refractivity contribution in [3.05, 3.63) is 71.7 Å². The molecule has 0 amide bonds. The van der Waals surface area contributed by atoms with E-state index in [9.17, 15) is 5.11 Å². The molecule has 0 aliphatic heterocycles. The zero-order valence-corrected chi connectivity index (χ0v) is 23.2. The summed E-state index contributed by atoms with van der Waals surface area (Å²) in [5.41, 5.74) is 7.42. The highest BCUT2D eigenvalue weighted by atomic mass is 19.1. The molecule has 1 aliphatic rings. The summed E-state index contributed by atoms with van der Waals surface area (Å²) in [5.74, 6) is -0.969. The first-order valence-electron chi connectivity index (χ1n) is 13.6. The van der Waals surface area contributed by atoms with E-state index in [4.69, 9.17) is 15.7 Å². The number of pyridine rings is 1. The van der Waals surface area contributed by atoms with Crippen LogP contribution in [-0.4, -0.2) is 43.4 Å². The van der Waals surface area contributed by atoms with Crippen LogP contribution in [0, 0.1) is 28.9 Å². The summed E-state index contributed by atoms with van der Waals surface area (Å²) in [6.45, 7) is 5.40. The molecular weight excluding hydrogens is 528 g/mol. The number of nitrogens with zero attached hydrogens (tertiary/aromatic N) is 5. The normalized spacial score (nSPS) is 21.1. The minimum absolute atomic E-state index is 0.0803. The quantitative estimate of drug-likeness (QED) is 0.251. The fourth-order valence-corrected chi connectivity index (χ4v) is 5.60. The third kappa shape index (κ3) is 5.91. The first kappa shape index (κ1) is 28.5. The lowest BCUT2D eigenvalue weighted by atomic mass is 9.74. The number of fused-ring (bicyclic) bond motifs is 1.